The van der Waals surface area contributed by atoms with Gasteiger partial charge < -0.3 is 4.40 Å². The molecule has 6 aromatic heterocycles. The average Bonchev–Trinajstić information content (AvgIpc) is 3.83. The van der Waals surface area contributed by atoms with Crippen LogP contribution in [-0.2, 0) is 30.9 Å². The second-order valence-electron chi connectivity index (χ2n) is 12.2. The van der Waals surface area contributed by atoms with Crippen LogP contribution in [0.3, 0.4) is 0 Å². The fraction of sp³-hybridized carbons (Fsp3) is 0.200. The van der Waals surface area contributed by atoms with Gasteiger partial charge in [0.25, 0.3) is 0 Å². The van der Waals surface area contributed by atoms with E-state index in [9.17, 15) is 0 Å². The largest absolute Gasteiger partial charge is 0.336 e. The fourth-order valence-corrected chi connectivity index (χ4v) is 6.83. The first-order valence-corrected chi connectivity index (χ1v) is 14.2. The van der Waals surface area contributed by atoms with Gasteiger partial charge in [-0.1, -0.05) is 50.8 Å². The van der Waals surface area contributed by atoms with E-state index in [1.54, 1.807) is 18.5 Å². The van der Waals surface area contributed by atoms with Crippen LogP contribution in [0.15, 0.2) is 79.5 Å². The van der Waals surface area contributed by atoms with Gasteiger partial charge in [-0.2, -0.15) is 18.2 Å². The molecule has 219 valence electrons. The average molecular weight is 756 g/mol. The Morgan fingerprint density at radius 3 is 2.36 bits per heavy atom. The summed E-state index contributed by atoms with van der Waals surface area (Å²) in [6.07, 6.45) is 9.26. The molecule has 1 aliphatic rings. The normalized spacial score (nSPS) is 16.4. The van der Waals surface area contributed by atoms with E-state index >= 15 is 0 Å². The van der Waals surface area contributed by atoms with Crippen LogP contribution in [-0.4, -0.2) is 37.5 Å². The van der Waals surface area contributed by atoms with Crippen molar-refractivity contribution in [3.63, 3.8) is 0 Å². The Morgan fingerprint density at radius 2 is 1.55 bits per heavy atom. The smallest absolute Gasteiger partial charge is 0.223 e. The van der Waals surface area contributed by atoms with Crippen molar-refractivity contribution in [2.45, 2.75) is 45.4 Å². The summed E-state index contributed by atoms with van der Waals surface area (Å²) < 4.78 is 32.4. The summed E-state index contributed by atoms with van der Waals surface area (Å²) in [5, 5.41) is 2.57. The Hall–Kier alpha value is -4.59. The summed E-state index contributed by atoms with van der Waals surface area (Å²) in [6.45, 7) is 6.76. The minimum atomic E-state index is -2.19. The maximum absolute atomic E-state index is 8.12. The molecular formula is C35H28IrN8-2. The summed E-state index contributed by atoms with van der Waals surface area (Å²) in [6, 6.07) is 21.9. The van der Waals surface area contributed by atoms with Crippen molar-refractivity contribution in [2.75, 3.05) is 0 Å². The van der Waals surface area contributed by atoms with Gasteiger partial charge in [0.05, 0.1) is 5.65 Å². The molecule has 0 fully saturated rings. The summed E-state index contributed by atoms with van der Waals surface area (Å²) in [5.74, 6) is 2.39. The van der Waals surface area contributed by atoms with E-state index in [2.05, 4.69) is 59.2 Å². The summed E-state index contributed by atoms with van der Waals surface area (Å²) in [7, 11) is 0. The molecule has 0 aliphatic carbocycles. The summed E-state index contributed by atoms with van der Waals surface area (Å²) >= 11 is 0. The van der Waals surface area contributed by atoms with Gasteiger partial charge in [-0.25, -0.2) is 9.97 Å². The molecule has 9 aromatic rings. The van der Waals surface area contributed by atoms with Crippen LogP contribution >= 0.6 is 0 Å². The predicted octanol–water partition coefficient (Wildman–Crippen LogP) is 6.90. The Bertz CT molecular complexity index is 2710. The Kier molecular flexibility index (Phi) is 4.86. The molecule has 7 heterocycles. The zero-order valence-corrected chi connectivity index (χ0v) is 26.8. The first kappa shape index (κ1) is 23.8. The molecule has 0 N–H and O–H groups in total. The molecule has 44 heavy (non-hydrogen) atoms. The molecule has 0 bridgehead atoms. The molecule has 1 aliphatic heterocycles. The molecular weight excluding hydrogens is 725 g/mol. The SMILES string of the molecule is [2H]C([2H])([2H])c1ccc2c3c1c1ccc[c-]c1c1ncc(n13)C(C)(C)C2(C)C.[Ir].[c-]1cccc2nc3n4ccnc4n4ccnc4n3c12. The van der Waals surface area contributed by atoms with Crippen LogP contribution in [0.25, 0.3) is 55.7 Å². The maximum atomic E-state index is 8.12. The van der Waals surface area contributed by atoms with Crippen LogP contribution in [0.5, 0.6) is 0 Å². The van der Waals surface area contributed by atoms with Crippen LogP contribution < -0.4 is 0 Å². The number of fused-ring (bicyclic) bond motifs is 11. The van der Waals surface area contributed by atoms with Gasteiger partial charge >= 0.3 is 0 Å². The molecule has 0 saturated heterocycles. The van der Waals surface area contributed by atoms with E-state index in [0.717, 1.165) is 66.9 Å². The number of rotatable bonds is 0. The quantitative estimate of drug-likeness (QED) is 0.125. The van der Waals surface area contributed by atoms with Crippen molar-refractivity contribution >= 4 is 55.7 Å². The van der Waals surface area contributed by atoms with Gasteiger partial charge in [-0.05, 0) is 28.8 Å². The van der Waals surface area contributed by atoms with E-state index < -0.39 is 6.85 Å². The first-order valence-electron chi connectivity index (χ1n) is 15.7. The third-order valence-corrected chi connectivity index (χ3v) is 9.72. The summed E-state index contributed by atoms with van der Waals surface area (Å²) in [4.78, 5) is 18.2. The molecule has 9 heteroatoms. The molecule has 0 atom stereocenters. The number of aryl methyl sites for hydroxylation is 1. The van der Waals surface area contributed by atoms with Crippen molar-refractivity contribution in [2.24, 2.45) is 0 Å². The fourth-order valence-electron chi connectivity index (χ4n) is 6.83. The van der Waals surface area contributed by atoms with Crippen LogP contribution in [0.4, 0.5) is 0 Å². The number of pyridine rings is 1. The van der Waals surface area contributed by atoms with Gasteiger partial charge in [-0.15, -0.1) is 35.7 Å². The van der Waals surface area contributed by atoms with Gasteiger partial charge in [0.1, 0.15) is 0 Å². The summed E-state index contributed by atoms with van der Waals surface area (Å²) in [5.41, 5.74) is 5.98. The van der Waals surface area contributed by atoms with Crippen LogP contribution in [0.2, 0.25) is 0 Å². The van der Waals surface area contributed by atoms with Crippen LogP contribution in [0.1, 0.15) is 48.6 Å². The number of para-hydroxylation sites is 1. The van der Waals surface area contributed by atoms with E-state index in [1.807, 2.05) is 74.3 Å². The Balaban J connectivity index is 0.000000142. The van der Waals surface area contributed by atoms with Crippen LogP contribution in [0, 0.1) is 19.0 Å². The third kappa shape index (κ3) is 3.20. The first-order chi connectivity index (χ1) is 22.0. The zero-order chi connectivity index (χ0) is 31.7. The van der Waals surface area contributed by atoms with Crippen molar-refractivity contribution in [3.8, 4) is 0 Å². The third-order valence-electron chi connectivity index (χ3n) is 9.72. The van der Waals surface area contributed by atoms with Crippen molar-refractivity contribution in [3.05, 3.63) is 108 Å². The van der Waals surface area contributed by atoms with Gasteiger partial charge in [0.15, 0.2) is 0 Å². The molecule has 1 radical (unpaired) electrons. The number of hydrogen-bond donors (Lipinski definition) is 0. The number of aromatic nitrogens is 8. The standard InChI is InChI=1S/C22H21N2.C13H7N6.Ir/c1-13-10-11-16-19-18(13)14-8-6-7-9-15(14)20-23-12-17(24(19)20)22(4,5)21(16,2)3;1-2-4-10-9(3-1)16-13-18-8-5-14-11(18)17-7-6-15-12(17)19(10)13;/h6-8,10-12H,1-5H3;1-3,5-8H;/q2*-1;/i1D3;;. The molecule has 10 rings (SSSR count). The van der Waals surface area contributed by atoms with E-state index in [0.29, 0.717) is 5.56 Å². The maximum Gasteiger partial charge on any atom is 0.223 e. The number of benzene rings is 3. The van der Waals surface area contributed by atoms with E-state index in [1.165, 1.54) is 0 Å². The van der Waals surface area contributed by atoms with Crippen molar-refractivity contribution < 1.29 is 24.2 Å². The topological polar surface area (TPSA) is 69.2 Å². The Labute approximate surface area is 270 Å². The second-order valence-corrected chi connectivity index (χ2v) is 12.2. The molecule has 3 aromatic carbocycles. The second kappa shape index (κ2) is 8.97. The van der Waals surface area contributed by atoms with Crippen molar-refractivity contribution in [1.82, 2.24) is 37.5 Å². The van der Waals surface area contributed by atoms with Gasteiger partial charge in [0.2, 0.25) is 17.3 Å². The van der Waals surface area contributed by atoms with Gasteiger partial charge in [0, 0.05) is 77.2 Å². The van der Waals surface area contributed by atoms with Crippen molar-refractivity contribution in [1.29, 1.82) is 0 Å². The molecule has 0 unspecified atom stereocenters. The number of imidazole rings is 4. The van der Waals surface area contributed by atoms with E-state index in [4.69, 9.17) is 9.10 Å². The molecule has 0 spiro atoms. The monoisotopic (exact) mass is 756 g/mol. The predicted molar refractivity (Wildman–Crippen MR) is 169 cm³/mol. The van der Waals surface area contributed by atoms with E-state index in [-0.39, 0.29) is 30.9 Å². The number of nitrogens with zero attached hydrogens (tertiary/aromatic N) is 8. The number of hydrogen-bond acceptors (Lipinski definition) is 4. The minimum Gasteiger partial charge on any atom is -0.336 e. The Morgan fingerprint density at radius 1 is 0.795 bits per heavy atom. The molecule has 0 saturated carbocycles. The minimum absolute atomic E-state index is 0. The molecule has 8 nitrogen and oxygen atoms in total. The molecule has 0 amide bonds. The van der Waals surface area contributed by atoms with Gasteiger partial charge in [-0.3, -0.25) is 23.2 Å². The zero-order valence-electron chi connectivity index (χ0n) is 27.4.